The number of amides is 2. The number of hydrogen-bond acceptors (Lipinski definition) is 3. The predicted octanol–water partition coefficient (Wildman–Crippen LogP) is 1.37. The minimum Gasteiger partial charge on any atom is -0.352 e. The van der Waals surface area contributed by atoms with Gasteiger partial charge in [0.25, 0.3) is 5.91 Å². The van der Waals surface area contributed by atoms with Crippen molar-refractivity contribution >= 4 is 17.5 Å². The molecule has 0 radical (unpaired) electrons. The molecule has 1 unspecified atom stereocenters. The summed E-state index contributed by atoms with van der Waals surface area (Å²) in [7, 11) is 0. The Morgan fingerprint density at radius 3 is 2.65 bits per heavy atom. The molecule has 1 aromatic rings. The van der Waals surface area contributed by atoms with Gasteiger partial charge < -0.3 is 16.0 Å². The molecule has 0 spiro atoms. The molecular formula is C15H21N3O2. The van der Waals surface area contributed by atoms with Gasteiger partial charge in [0.1, 0.15) is 0 Å². The van der Waals surface area contributed by atoms with Gasteiger partial charge in [-0.05, 0) is 56.6 Å². The molecule has 1 aliphatic rings. The molecule has 0 saturated carbocycles. The van der Waals surface area contributed by atoms with E-state index in [1.165, 1.54) is 0 Å². The molecule has 2 rings (SSSR count). The van der Waals surface area contributed by atoms with E-state index in [0.29, 0.717) is 24.4 Å². The van der Waals surface area contributed by atoms with Crippen molar-refractivity contribution in [1.29, 1.82) is 0 Å². The third-order valence-corrected chi connectivity index (χ3v) is 3.40. The fourth-order valence-electron chi connectivity index (χ4n) is 2.33. The van der Waals surface area contributed by atoms with Crippen LogP contribution in [0.2, 0.25) is 0 Å². The fraction of sp³-hybridized carbons (Fsp3) is 0.467. The van der Waals surface area contributed by atoms with Crippen molar-refractivity contribution in [2.45, 2.75) is 19.8 Å². The second-order valence-electron chi connectivity index (χ2n) is 5.05. The number of nitrogens with one attached hydrogen (secondary N) is 3. The first kappa shape index (κ1) is 14.5. The van der Waals surface area contributed by atoms with E-state index in [0.717, 1.165) is 25.2 Å². The van der Waals surface area contributed by atoms with Crippen LogP contribution in [0.3, 0.4) is 0 Å². The molecule has 108 valence electrons. The van der Waals surface area contributed by atoms with Gasteiger partial charge in [-0.3, -0.25) is 9.59 Å². The monoisotopic (exact) mass is 275 g/mol. The van der Waals surface area contributed by atoms with Gasteiger partial charge in [0.05, 0.1) is 0 Å². The Morgan fingerprint density at radius 1 is 1.30 bits per heavy atom. The Balaban J connectivity index is 1.86. The van der Waals surface area contributed by atoms with Crippen molar-refractivity contribution in [3.8, 4) is 0 Å². The zero-order valence-corrected chi connectivity index (χ0v) is 11.7. The summed E-state index contributed by atoms with van der Waals surface area (Å²) in [4.78, 5) is 23.5. The highest BCUT2D eigenvalue weighted by Crippen LogP contribution is 2.15. The number of carbonyl (C=O) groups is 2. The Labute approximate surface area is 119 Å². The van der Waals surface area contributed by atoms with Gasteiger partial charge >= 0.3 is 0 Å². The maximum Gasteiger partial charge on any atom is 0.251 e. The zero-order valence-electron chi connectivity index (χ0n) is 11.7. The van der Waals surface area contributed by atoms with Gasteiger partial charge in [-0.25, -0.2) is 0 Å². The normalized spacial score (nSPS) is 17.8. The molecule has 1 aliphatic heterocycles. The highest BCUT2D eigenvalue weighted by atomic mass is 16.2. The minimum absolute atomic E-state index is 0.0319. The van der Waals surface area contributed by atoms with Crippen LogP contribution in [0.4, 0.5) is 5.69 Å². The highest BCUT2D eigenvalue weighted by Gasteiger charge is 2.18. The molecular weight excluding hydrogens is 254 g/mol. The Morgan fingerprint density at radius 2 is 2.05 bits per heavy atom. The second kappa shape index (κ2) is 7.05. The first-order valence-corrected chi connectivity index (χ1v) is 7.08. The fourth-order valence-corrected chi connectivity index (χ4v) is 2.33. The van der Waals surface area contributed by atoms with Crippen LogP contribution in [0, 0.1) is 5.92 Å². The summed E-state index contributed by atoms with van der Waals surface area (Å²) in [6.07, 6.45) is 1.61. The molecule has 1 aromatic carbocycles. The lowest BCUT2D eigenvalue weighted by Gasteiger charge is -2.09. The molecule has 3 N–H and O–H groups in total. The van der Waals surface area contributed by atoms with Gasteiger partial charge in [0.15, 0.2) is 0 Å². The van der Waals surface area contributed by atoms with Crippen molar-refractivity contribution in [2.24, 2.45) is 5.92 Å². The van der Waals surface area contributed by atoms with Gasteiger partial charge in [0, 0.05) is 24.2 Å². The van der Waals surface area contributed by atoms with Crippen LogP contribution in [0.5, 0.6) is 0 Å². The number of hydrogen-bond donors (Lipinski definition) is 3. The maximum absolute atomic E-state index is 11.9. The maximum atomic E-state index is 11.9. The average Bonchev–Trinajstić information content (AvgIpc) is 2.92. The van der Waals surface area contributed by atoms with Crippen LogP contribution in [-0.4, -0.2) is 31.4 Å². The lowest BCUT2D eigenvalue weighted by atomic mass is 10.0. The summed E-state index contributed by atoms with van der Waals surface area (Å²) < 4.78 is 0. The topological polar surface area (TPSA) is 70.2 Å². The van der Waals surface area contributed by atoms with Gasteiger partial charge in [-0.1, -0.05) is 0 Å². The largest absolute Gasteiger partial charge is 0.352 e. The van der Waals surface area contributed by atoms with Crippen molar-refractivity contribution in [3.05, 3.63) is 29.8 Å². The molecule has 1 fully saturated rings. The number of benzene rings is 1. The predicted molar refractivity (Wildman–Crippen MR) is 78.7 cm³/mol. The van der Waals surface area contributed by atoms with E-state index in [1.807, 2.05) is 6.92 Å². The standard InChI is InChI=1S/C15H21N3O2/c1-2-17-15(20)12-3-5-13(6-4-12)18-14(19)9-11-7-8-16-10-11/h3-6,11,16H,2,7-10H2,1H3,(H,17,20)(H,18,19). The molecule has 1 saturated heterocycles. The lowest BCUT2D eigenvalue weighted by molar-refractivity contribution is -0.116. The van der Waals surface area contributed by atoms with Gasteiger partial charge in [0.2, 0.25) is 5.91 Å². The Hall–Kier alpha value is -1.88. The van der Waals surface area contributed by atoms with E-state index in [4.69, 9.17) is 0 Å². The molecule has 0 aliphatic carbocycles. The third kappa shape index (κ3) is 4.06. The quantitative estimate of drug-likeness (QED) is 0.760. The van der Waals surface area contributed by atoms with Gasteiger partial charge in [-0.15, -0.1) is 0 Å². The summed E-state index contributed by atoms with van der Waals surface area (Å²) in [6, 6.07) is 6.96. The zero-order chi connectivity index (χ0) is 14.4. The van der Waals surface area contributed by atoms with Crippen molar-refractivity contribution in [2.75, 3.05) is 25.0 Å². The number of rotatable bonds is 5. The third-order valence-electron chi connectivity index (χ3n) is 3.40. The molecule has 1 heterocycles. The SMILES string of the molecule is CCNC(=O)c1ccc(NC(=O)CC2CCNC2)cc1. The van der Waals surface area contributed by atoms with Crippen molar-refractivity contribution in [1.82, 2.24) is 10.6 Å². The summed E-state index contributed by atoms with van der Waals surface area (Å²) in [5, 5.41) is 8.85. The lowest BCUT2D eigenvalue weighted by Crippen LogP contribution is -2.22. The molecule has 0 aromatic heterocycles. The second-order valence-corrected chi connectivity index (χ2v) is 5.05. The molecule has 20 heavy (non-hydrogen) atoms. The van der Waals surface area contributed by atoms with Crippen LogP contribution in [0.25, 0.3) is 0 Å². The van der Waals surface area contributed by atoms with Crippen LogP contribution in [-0.2, 0) is 4.79 Å². The molecule has 1 atom stereocenters. The van der Waals surface area contributed by atoms with E-state index in [1.54, 1.807) is 24.3 Å². The van der Waals surface area contributed by atoms with E-state index in [9.17, 15) is 9.59 Å². The summed E-state index contributed by atoms with van der Waals surface area (Å²) >= 11 is 0. The van der Waals surface area contributed by atoms with E-state index in [2.05, 4.69) is 16.0 Å². The molecule has 5 nitrogen and oxygen atoms in total. The van der Waals surface area contributed by atoms with E-state index < -0.39 is 0 Å². The van der Waals surface area contributed by atoms with E-state index >= 15 is 0 Å². The summed E-state index contributed by atoms with van der Waals surface area (Å²) in [6.45, 7) is 4.40. The van der Waals surface area contributed by atoms with Crippen molar-refractivity contribution < 1.29 is 9.59 Å². The van der Waals surface area contributed by atoms with E-state index in [-0.39, 0.29) is 11.8 Å². The van der Waals surface area contributed by atoms with Crippen molar-refractivity contribution in [3.63, 3.8) is 0 Å². The average molecular weight is 275 g/mol. The summed E-state index contributed by atoms with van der Waals surface area (Å²) in [5.41, 5.74) is 1.33. The first-order valence-electron chi connectivity index (χ1n) is 7.08. The number of anilines is 1. The minimum atomic E-state index is -0.0950. The Kier molecular flexibility index (Phi) is 5.12. The first-order chi connectivity index (χ1) is 9.69. The molecule has 2 amide bonds. The van der Waals surface area contributed by atoms with Crippen LogP contribution < -0.4 is 16.0 Å². The van der Waals surface area contributed by atoms with Gasteiger partial charge in [-0.2, -0.15) is 0 Å². The highest BCUT2D eigenvalue weighted by molar-refractivity contribution is 5.95. The summed E-state index contributed by atoms with van der Waals surface area (Å²) in [5.74, 6) is 0.372. The molecule has 5 heteroatoms. The van der Waals surface area contributed by atoms with Crippen LogP contribution in [0.15, 0.2) is 24.3 Å². The van der Waals surface area contributed by atoms with Crippen LogP contribution in [0.1, 0.15) is 30.1 Å². The smallest absolute Gasteiger partial charge is 0.251 e. The molecule has 0 bridgehead atoms. The number of carbonyl (C=O) groups excluding carboxylic acids is 2. The Bertz CT molecular complexity index is 465. The van der Waals surface area contributed by atoms with Crippen LogP contribution >= 0.6 is 0 Å².